The highest BCUT2D eigenvalue weighted by Crippen LogP contribution is 2.39. The SMILES string of the molecule is C[C@H](N=[N+]=[N-])[C@@H]1OC(O)[C@@H]2OC(C)(C)O[C@H]12. The van der Waals surface area contributed by atoms with Crippen LogP contribution in [-0.2, 0) is 14.2 Å². The van der Waals surface area contributed by atoms with E-state index in [2.05, 4.69) is 10.0 Å². The molecule has 5 atom stereocenters. The van der Waals surface area contributed by atoms with E-state index >= 15 is 0 Å². The van der Waals surface area contributed by atoms with Crippen molar-refractivity contribution < 1.29 is 19.3 Å². The van der Waals surface area contributed by atoms with Gasteiger partial charge in [0.2, 0.25) is 0 Å². The molecule has 1 unspecified atom stereocenters. The van der Waals surface area contributed by atoms with Gasteiger partial charge in [0.15, 0.2) is 12.1 Å². The van der Waals surface area contributed by atoms with Gasteiger partial charge in [0.05, 0.1) is 12.1 Å². The Bertz CT molecular complexity index is 329. The van der Waals surface area contributed by atoms with E-state index in [1.165, 1.54) is 0 Å². The van der Waals surface area contributed by atoms with Crippen molar-refractivity contribution in [3.8, 4) is 0 Å². The van der Waals surface area contributed by atoms with Gasteiger partial charge >= 0.3 is 0 Å². The van der Waals surface area contributed by atoms with Crippen molar-refractivity contribution in [2.45, 2.75) is 57.2 Å². The maximum Gasteiger partial charge on any atom is 0.184 e. The van der Waals surface area contributed by atoms with E-state index in [1.807, 2.05) is 0 Å². The minimum atomic E-state index is -1.03. The number of rotatable bonds is 2. The van der Waals surface area contributed by atoms with E-state index in [1.54, 1.807) is 20.8 Å². The van der Waals surface area contributed by atoms with Gasteiger partial charge in [0.1, 0.15) is 12.2 Å². The fourth-order valence-corrected chi connectivity index (χ4v) is 2.14. The Kier molecular flexibility index (Phi) is 2.81. The summed E-state index contributed by atoms with van der Waals surface area (Å²) in [5.74, 6) is -0.742. The molecule has 0 saturated carbocycles. The van der Waals surface area contributed by atoms with Crippen LogP contribution in [0.1, 0.15) is 20.8 Å². The summed E-state index contributed by atoms with van der Waals surface area (Å²) in [6.45, 7) is 5.26. The Morgan fingerprint density at radius 1 is 1.38 bits per heavy atom. The highest BCUT2D eigenvalue weighted by molar-refractivity contribution is 4.98. The van der Waals surface area contributed by atoms with Crippen LogP contribution in [0.5, 0.6) is 0 Å². The summed E-state index contributed by atoms with van der Waals surface area (Å²) in [6.07, 6.45) is -2.42. The molecule has 2 rings (SSSR count). The fourth-order valence-electron chi connectivity index (χ4n) is 2.14. The molecule has 2 aliphatic rings. The Labute approximate surface area is 92.9 Å². The molecule has 16 heavy (non-hydrogen) atoms. The molecule has 0 aromatic carbocycles. The maximum atomic E-state index is 9.66. The van der Waals surface area contributed by atoms with E-state index in [9.17, 15) is 5.11 Å². The molecule has 7 nitrogen and oxygen atoms in total. The van der Waals surface area contributed by atoms with Gasteiger partial charge in [-0.15, -0.1) is 0 Å². The molecule has 0 amide bonds. The third kappa shape index (κ3) is 1.88. The molecule has 1 N–H and O–H groups in total. The molecular formula is C9H15N3O4. The minimum absolute atomic E-state index is 0.398. The zero-order chi connectivity index (χ0) is 11.9. The highest BCUT2D eigenvalue weighted by Gasteiger charge is 2.55. The monoisotopic (exact) mass is 229 g/mol. The van der Waals surface area contributed by atoms with Gasteiger partial charge in [-0.25, -0.2) is 0 Å². The van der Waals surface area contributed by atoms with Gasteiger partial charge in [-0.05, 0) is 19.4 Å². The first-order valence-electron chi connectivity index (χ1n) is 5.18. The van der Waals surface area contributed by atoms with Crippen LogP contribution in [0.25, 0.3) is 10.4 Å². The summed E-state index contributed by atoms with van der Waals surface area (Å²) in [4.78, 5) is 2.72. The molecule has 2 heterocycles. The molecule has 7 heteroatoms. The third-order valence-electron chi connectivity index (χ3n) is 2.77. The molecule has 0 aromatic rings. The standard InChI is InChI=1S/C9H15N3O4/c1-4(11-12-10)5-6-7(8(13)14-5)16-9(2,3)15-6/h4-8,13H,1-3H3/t4-,5-,6+,7+,8?/m0/s1. The molecule has 2 fully saturated rings. The van der Waals surface area contributed by atoms with E-state index in [0.29, 0.717) is 0 Å². The predicted octanol–water partition coefficient (Wildman–Crippen LogP) is 0.922. The molecule has 2 aliphatic heterocycles. The van der Waals surface area contributed by atoms with E-state index in [0.717, 1.165) is 0 Å². The predicted molar refractivity (Wildman–Crippen MR) is 53.3 cm³/mol. The van der Waals surface area contributed by atoms with Crippen LogP contribution in [-0.4, -0.2) is 41.5 Å². The van der Waals surface area contributed by atoms with Crippen LogP contribution in [0.15, 0.2) is 5.11 Å². The second-order valence-corrected chi connectivity index (χ2v) is 4.50. The van der Waals surface area contributed by atoms with Crippen molar-refractivity contribution in [2.75, 3.05) is 0 Å². The summed E-state index contributed by atoms with van der Waals surface area (Å²) >= 11 is 0. The lowest BCUT2D eigenvalue weighted by Crippen LogP contribution is -2.36. The van der Waals surface area contributed by atoms with Gasteiger partial charge in [0, 0.05) is 4.91 Å². The molecule has 0 spiro atoms. The number of aliphatic hydroxyl groups excluding tert-OH is 1. The number of nitrogens with zero attached hydrogens (tertiary/aromatic N) is 3. The van der Waals surface area contributed by atoms with Gasteiger partial charge in [-0.1, -0.05) is 12.0 Å². The lowest BCUT2D eigenvalue weighted by molar-refractivity contribution is -0.221. The van der Waals surface area contributed by atoms with Gasteiger partial charge in [0.25, 0.3) is 0 Å². The van der Waals surface area contributed by atoms with Crippen LogP contribution >= 0.6 is 0 Å². The van der Waals surface area contributed by atoms with Crippen molar-refractivity contribution in [1.82, 2.24) is 0 Å². The summed E-state index contributed by atoms with van der Waals surface area (Å²) in [7, 11) is 0. The smallest absolute Gasteiger partial charge is 0.184 e. The van der Waals surface area contributed by atoms with Crippen molar-refractivity contribution in [3.63, 3.8) is 0 Å². The molecule has 90 valence electrons. The van der Waals surface area contributed by atoms with E-state index in [4.69, 9.17) is 19.7 Å². The summed E-state index contributed by atoms with van der Waals surface area (Å²) in [5, 5.41) is 13.2. The number of aliphatic hydroxyl groups is 1. The largest absolute Gasteiger partial charge is 0.366 e. The van der Waals surface area contributed by atoms with Crippen LogP contribution < -0.4 is 0 Å². The first-order valence-corrected chi connectivity index (χ1v) is 5.18. The average molecular weight is 229 g/mol. The number of hydrogen-bond donors (Lipinski definition) is 1. The first kappa shape index (κ1) is 11.6. The zero-order valence-electron chi connectivity index (χ0n) is 9.40. The highest BCUT2D eigenvalue weighted by atomic mass is 16.8. The molecular weight excluding hydrogens is 214 g/mol. The lowest BCUT2D eigenvalue weighted by atomic mass is 10.1. The van der Waals surface area contributed by atoms with Crippen LogP contribution in [0, 0.1) is 0 Å². The number of azide groups is 1. The first-order chi connectivity index (χ1) is 7.44. The quantitative estimate of drug-likeness (QED) is 0.432. The molecule has 0 aromatic heterocycles. The van der Waals surface area contributed by atoms with Gasteiger partial charge in [-0.2, -0.15) is 0 Å². The average Bonchev–Trinajstić information content (AvgIpc) is 2.62. The summed E-state index contributed by atoms with van der Waals surface area (Å²) in [6, 6.07) is -0.410. The van der Waals surface area contributed by atoms with E-state index < -0.39 is 36.4 Å². The Morgan fingerprint density at radius 2 is 2.00 bits per heavy atom. The summed E-state index contributed by atoms with van der Waals surface area (Å²) < 4.78 is 16.4. The number of ether oxygens (including phenoxy) is 3. The Hall–Kier alpha value is -0.850. The zero-order valence-corrected chi connectivity index (χ0v) is 9.40. The van der Waals surface area contributed by atoms with Crippen molar-refractivity contribution in [2.24, 2.45) is 5.11 Å². The van der Waals surface area contributed by atoms with Gasteiger partial charge in [-0.3, -0.25) is 0 Å². The minimum Gasteiger partial charge on any atom is -0.366 e. The molecule has 0 aliphatic carbocycles. The van der Waals surface area contributed by atoms with Crippen LogP contribution in [0.3, 0.4) is 0 Å². The molecule has 2 saturated heterocycles. The maximum absolute atomic E-state index is 9.66. The van der Waals surface area contributed by atoms with E-state index in [-0.39, 0.29) is 0 Å². The topological polar surface area (TPSA) is 96.7 Å². The summed E-state index contributed by atoms with van der Waals surface area (Å²) in [5.41, 5.74) is 8.37. The fraction of sp³-hybridized carbons (Fsp3) is 1.00. The Morgan fingerprint density at radius 3 is 2.62 bits per heavy atom. The van der Waals surface area contributed by atoms with Crippen molar-refractivity contribution in [3.05, 3.63) is 10.4 Å². The normalized spacial score (nSPS) is 42.5. The molecule has 0 radical (unpaired) electrons. The van der Waals surface area contributed by atoms with Crippen LogP contribution in [0.2, 0.25) is 0 Å². The van der Waals surface area contributed by atoms with Crippen molar-refractivity contribution in [1.29, 1.82) is 0 Å². The second-order valence-electron chi connectivity index (χ2n) is 4.50. The Balaban J connectivity index is 2.16. The van der Waals surface area contributed by atoms with Crippen LogP contribution in [0.4, 0.5) is 0 Å². The number of hydrogen-bond acceptors (Lipinski definition) is 5. The van der Waals surface area contributed by atoms with Gasteiger partial charge < -0.3 is 19.3 Å². The lowest BCUT2D eigenvalue weighted by Gasteiger charge is -2.24. The third-order valence-corrected chi connectivity index (χ3v) is 2.77. The second kappa shape index (κ2) is 3.87. The van der Waals surface area contributed by atoms with Crippen molar-refractivity contribution >= 4 is 0 Å². The number of fused-ring (bicyclic) bond motifs is 1. The molecule has 0 bridgehead atoms.